The Kier molecular flexibility index (Phi) is 1.84. The van der Waals surface area contributed by atoms with E-state index in [1.54, 1.807) is 0 Å². The number of aliphatic imine (C=N–C) groups is 1. The Balaban J connectivity index is 2.74. The Bertz CT molecular complexity index is 478. The molecule has 2 rings (SSSR count). The first-order valence-electron chi connectivity index (χ1n) is 3.14. The molecule has 2 N–H and O–H groups in total. The molecule has 0 saturated carbocycles. The van der Waals surface area contributed by atoms with Crippen LogP contribution < -0.4 is 5.84 Å². The van der Waals surface area contributed by atoms with E-state index in [0.29, 0.717) is 14.4 Å². The minimum atomic E-state index is -3.60. The molecule has 1 aromatic heterocycles. The number of thiophene rings is 1. The minimum absolute atomic E-state index is 0.0856. The summed E-state index contributed by atoms with van der Waals surface area (Å²) in [5.41, 5.74) is 0.344. The fourth-order valence-electron chi connectivity index (χ4n) is 0.888. The van der Waals surface area contributed by atoms with Gasteiger partial charge in [-0.15, -0.1) is 11.3 Å². The number of hydrazine groups is 1. The Morgan fingerprint density at radius 3 is 3.00 bits per heavy atom. The third-order valence-electron chi connectivity index (χ3n) is 1.47. The average Bonchev–Trinajstić information content (AvgIpc) is 2.41. The second-order valence-electron chi connectivity index (χ2n) is 2.30. The molecule has 1 aliphatic heterocycles. The summed E-state index contributed by atoms with van der Waals surface area (Å²) in [5, 5.41) is 0. The highest BCUT2D eigenvalue weighted by Crippen LogP contribution is 2.39. The number of nitrogens with zero attached hydrogens (tertiary/aromatic N) is 2. The van der Waals surface area contributed by atoms with Crippen LogP contribution in [-0.4, -0.2) is 19.2 Å². The molecule has 70 valence electrons. The van der Waals surface area contributed by atoms with Crippen molar-refractivity contribution < 1.29 is 8.42 Å². The Hall–Kier alpha value is -0.630. The monoisotopic (exact) mass is 237 g/mol. The van der Waals surface area contributed by atoms with Gasteiger partial charge in [0, 0.05) is 0 Å². The summed E-state index contributed by atoms with van der Waals surface area (Å²) in [7, 11) is -3.60. The predicted molar refractivity (Wildman–Crippen MR) is 50.7 cm³/mol. The quantitative estimate of drug-likeness (QED) is 0.683. The lowest BCUT2D eigenvalue weighted by atomic mass is 10.5. The standard InChI is InChI=1S/C5H4ClN3O2S2/c6-4-1-3-5(12-4)13(10,11)9(7)2-8-3/h1-2H,7H2. The van der Waals surface area contributed by atoms with Crippen LogP contribution in [0.25, 0.3) is 0 Å². The lowest BCUT2D eigenvalue weighted by Gasteiger charge is -2.15. The van der Waals surface area contributed by atoms with Crippen LogP contribution in [0, 0.1) is 0 Å². The summed E-state index contributed by atoms with van der Waals surface area (Å²) in [6.45, 7) is 0. The van der Waals surface area contributed by atoms with Gasteiger partial charge in [-0.1, -0.05) is 11.6 Å². The third-order valence-corrected chi connectivity index (χ3v) is 4.73. The predicted octanol–water partition coefficient (Wildman–Crippen LogP) is 0.939. The molecule has 0 unspecified atom stereocenters. The van der Waals surface area contributed by atoms with Crippen LogP contribution in [0.2, 0.25) is 4.34 Å². The number of sulfonamides is 1. The summed E-state index contributed by atoms with van der Waals surface area (Å²) in [6.07, 6.45) is 1.04. The summed E-state index contributed by atoms with van der Waals surface area (Å²) >= 11 is 6.59. The maximum atomic E-state index is 11.5. The maximum Gasteiger partial charge on any atom is 0.290 e. The lowest BCUT2D eigenvalue weighted by Crippen LogP contribution is -2.37. The number of rotatable bonds is 0. The van der Waals surface area contributed by atoms with Crippen LogP contribution in [0.15, 0.2) is 15.3 Å². The van der Waals surface area contributed by atoms with Crippen molar-refractivity contribution in [3.8, 4) is 0 Å². The zero-order chi connectivity index (χ0) is 9.64. The second kappa shape index (κ2) is 2.68. The molecule has 2 heterocycles. The average molecular weight is 238 g/mol. The van der Waals surface area contributed by atoms with Gasteiger partial charge in [0.05, 0.1) is 10.0 Å². The van der Waals surface area contributed by atoms with Gasteiger partial charge in [-0.25, -0.2) is 10.8 Å². The van der Waals surface area contributed by atoms with E-state index in [-0.39, 0.29) is 4.21 Å². The SMILES string of the molecule is NN1C=Nc2cc(Cl)sc2S1(=O)=O. The number of hydrogen-bond donors (Lipinski definition) is 1. The van der Waals surface area contributed by atoms with Gasteiger partial charge in [0.2, 0.25) is 0 Å². The molecular formula is C5H4ClN3O2S2. The van der Waals surface area contributed by atoms with Crippen LogP contribution in [0.4, 0.5) is 5.69 Å². The van der Waals surface area contributed by atoms with Crippen LogP contribution >= 0.6 is 22.9 Å². The Morgan fingerprint density at radius 2 is 2.31 bits per heavy atom. The van der Waals surface area contributed by atoms with Crippen molar-refractivity contribution in [3.05, 3.63) is 10.4 Å². The van der Waals surface area contributed by atoms with Gasteiger partial charge >= 0.3 is 0 Å². The van der Waals surface area contributed by atoms with E-state index in [4.69, 9.17) is 17.4 Å². The molecule has 1 aliphatic rings. The van der Waals surface area contributed by atoms with Gasteiger partial charge in [0.1, 0.15) is 6.34 Å². The second-order valence-corrected chi connectivity index (χ2v) is 6.02. The van der Waals surface area contributed by atoms with Crippen molar-refractivity contribution in [3.63, 3.8) is 0 Å². The third kappa shape index (κ3) is 1.24. The Morgan fingerprint density at radius 1 is 1.62 bits per heavy atom. The summed E-state index contributed by atoms with van der Waals surface area (Å²) < 4.78 is 24.0. The zero-order valence-corrected chi connectivity index (χ0v) is 8.53. The molecule has 8 heteroatoms. The van der Waals surface area contributed by atoms with Crippen molar-refractivity contribution in [1.29, 1.82) is 0 Å². The van der Waals surface area contributed by atoms with E-state index < -0.39 is 10.0 Å². The minimum Gasteiger partial charge on any atom is -0.234 e. The normalized spacial score (nSPS) is 18.8. The van der Waals surface area contributed by atoms with E-state index in [9.17, 15) is 8.42 Å². The molecular weight excluding hydrogens is 234 g/mol. The highest BCUT2D eigenvalue weighted by atomic mass is 35.5. The highest BCUT2D eigenvalue weighted by Gasteiger charge is 2.29. The fourth-order valence-corrected chi connectivity index (χ4v) is 3.61. The number of hydrogen-bond acceptors (Lipinski definition) is 5. The van der Waals surface area contributed by atoms with E-state index >= 15 is 0 Å². The van der Waals surface area contributed by atoms with E-state index in [0.717, 1.165) is 17.7 Å². The molecule has 0 fully saturated rings. The van der Waals surface area contributed by atoms with Crippen molar-refractivity contribution in [2.24, 2.45) is 10.8 Å². The van der Waals surface area contributed by atoms with Crippen molar-refractivity contribution in [2.75, 3.05) is 0 Å². The summed E-state index contributed by atoms with van der Waals surface area (Å²) in [5.74, 6) is 5.20. The van der Waals surface area contributed by atoms with Crippen LogP contribution in [0.5, 0.6) is 0 Å². The van der Waals surface area contributed by atoms with E-state index in [1.165, 1.54) is 6.07 Å². The zero-order valence-electron chi connectivity index (χ0n) is 6.14. The number of halogens is 1. The van der Waals surface area contributed by atoms with E-state index in [2.05, 4.69) is 4.99 Å². The van der Waals surface area contributed by atoms with Gasteiger partial charge in [0.25, 0.3) is 10.0 Å². The van der Waals surface area contributed by atoms with Crippen molar-refractivity contribution >= 4 is 45.0 Å². The molecule has 1 aromatic rings. The number of nitrogens with two attached hydrogens (primary N) is 1. The molecule has 0 aliphatic carbocycles. The molecule has 5 nitrogen and oxygen atoms in total. The van der Waals surface area contributed by atoms with Gasteiger partial charge in [0.15, 0.2) is 4.21 Å². The van der Waals surface area contributed by atoms with E-state index in [1.807, 2.05) is 0 Å². The molecule has 13 heavy (non-hydrogen) atoms. The van der Waals surface area contributed by atoms with Gasteiger partial charge in [-0.3, -0.25) is 0 Å². The first-order chi connectivity index (χ1) is 6.01. The molecule has 0 atom stereocenters. The summed E-state index contributed by atoms with van der Waals surface area (Å²) in [6, 6.07) is 1.49. The van der Waals surface area contributed by atoms with Gasteiger partial charge < -0.3 is 0 Å². The van der Waals surface area contributed by atoms with Crippen LogP contribution in [0.3, 0.4) is 0 Å². The van der Waals surface area contributed by atoms with Gasteiger partial charge in [-0.2, -0.15) is 12.8 Å². The molecule has 0 aromatic carbocycles. The Labute approximate surface area is 83.5 Å². The fraction of sp³-hybridized carbons (Fsp3) is 0. The van der Waals surface area contributed by atoms with Crippen molar-refractivity contribution in [1.82, 2.24) is 4.41 Å². The first-order valence-corrected chi connectivity index (χ1v) is 5.78. The highest BCUT2D eigenvalue weighted by molar-refractivity contribution is 7.92. The smallest absolute Gasteiger partial charge is 0.234 e. The largest absolute Gasteiger partial charge is 0.290 e. The number of fused-ring (bicyclic) bond motifs is 1. The van der Waals surface area contributed by atoms with Crippen molar-refractivity contribution in [2.45, 2.75) is 4.21 Å². The summed E-state index contributed by atoms with van der Waals surface area (Å²) in [4.78, 5) is 3.81. The maximum absolute atomic E-state index is 11.5. The van der Waals surface area contributed by atoms with Crippen LogP contribution in [0.1, 0.15) is 0 Å². The van der Waals surface area contributed by atoms with Crippen LogP contribution in [-0.2, 0) is 10.0 Å². The molecule has 0 bridgehead atoms. The molecule has 0 saturated heterocycles. The lowest BCUT2D eigenvalue weighted by molar-refractivity contribution is 0.537. The topological polar surface area (TPSA) is 75.8 Å². The van der Waals surface area contributed by atoms with Gasteiger partial charge in [-0.05, 0) is 6.07 Å². The first kappa shape index (κ1) is 8.95. The molecule has 0 spiro atoms. The molecule has 0 radical (unpaired) electrons. The molecule has 0 amide bonds.